The Bertz CT molecular complexity index is 386. The zero-order valence-corrected chi connectivity index (χ0v) is 11.8. The molecule has 0 saturated heterocycles. The third kappa shape index (κ3) is 4.83. The van der Waals surface area contributed by atoms with Crippen LogP contribution in [0, 0.1) is 5.92 Å². The Morgan fingerprint density at radius 1 is 1.33 bits per heavy atom. The molecule has 18 heavy (non-hydrogen) atoms. The number of hydrogen-bond donors (Lipinski definition) is 0. The molecule has 0 aromatic carbocycles. The maximum absolute atomic E-state index is 11.6. The second kappa shape index (κ2) is 7.59. The maximum atomic E-state index is 11.6. The highest BCUT2D eigenvalue weighted by Crippen LogP contribution is 2.28. The van der Waals surface area contributed by atoms with Crippen LogP contribution < -0.4 is 0 Å². The van der Waals surface area contributed by atoms with E-state index >= 15 is 0 Å². The van der Waals surface area contributed by atoms with Crippen LogP contribution in [0.4, 0.5) is 0 Å². The molecule has 0 aliphatic heterocycles. The van der Waals surface area contributed by atoms with E-state index in [1.165, 1.54) is 6.08 Å². The highest BCUT2D eigenvalue weighted by atomic mass is 35.5. The monoisotopic (exact) mass is 290 g/mol. The average Bonchev–Trinajstić information content (AvgIpc) is 2.31. The van der Waals surface area contributed by atoms with E-state index in [2.05, 4.69) is 0 Å². The SMILES string of the molecule is CCOC(=O)CCCCC1C=C(Cl)C(Cl)=CC1=O. The highest BCUT2D eigenvalue weighted by molar-refractivity contribution is 6.45. The molecule has 1 aliphatic carbocycles. The van der Waals surface area contributed by atoms with Gasteiger partial charge in [-0.2, -0.15) is 0 Å². The molecular weight excluding hydrogens is 275 g/mol. The van der Waals surface area contributed by atoms with E-state index in [4.69, 9.17) is 27.9 Å². The molecule has 0 aromatic rings. The first kappa shape index (κ1) is 15.3. The molecule has 0 heterocycles. The molecule has 100 valence electrons. The van der Waals surface area contributed by atoms with Crippen LogP contribution in [0.1, 0.15) is 32.6 Å². The topological polar surface area (TPSA) is 43.4 Å². The van der Waals surface area contributed by atoms with Gasteiger partial charge in [-0.25, -0.2) is 0 Å². The van der Waals surface area contributed by atoms with E-state index in [1.807, 2.05) is 0 Å². The standard InChI is InChI=1S/C13H16Cl2O3/c1-2-18-13(17)6-4-3-5-9-7-10(14)11(15)8-12(9)16/h7-9H,2-6H2,1H3. The Balaban J connectivity index is 2.29. The lowest BCUT2D eigenvalue weighted by Gasteiger charge is -2.14. The Morgan fingerprint density at radius 3 is 2.72 bits per heavy atom. The van der Waals surface area contributed by atoms with Crippen LogP contribution in [0.5, 0.6) is 0 Å². The first-order chi connectivity index (χ1) is 8.54. The minimum Gasteiger partial charge on any atom is -0.466 e. The number of esters is 1. The van der Waals surface area contributed by atoms with Gasteiger partial charge >= 0.3 is 5.97 Å². The van der Waals surface area contributed by atoms with Crippen LogP contribution in [-0.2, 0) is 14.3 Å². The van der Waals surface area contributed by atoms with Crippen molar-refractivity contribution in [2.75, 3.05) is 6.61 Å². The number of hydrogen-bond acceptors (Lipinski definition) is 3. The van der Waals surface area contributed by atoms with Crippen LogP contribution in [0.2, 0.25) is 0 Å². The van der Waals surface area contributed by atoms with Crippen LogP contribution in [0.15, 0.2) is 22.2 Å². The summed E-state index contributed by atoms with van der Waals surface area (Å²) in [4.78, 5) is 22.7. The second-order valence-electron chi connectivity index (χ2n) is 4.07. The zero-order valence-electron chi connectivity index (χ0n) is 10.2. The summed E-state index contributed by atoms with van der Waals surface area (Å²) >= 11 is 11.6. The van der Waals surface area contributed by atoms with Gasteiger partial charge in [-0.15, -0.1) is 0 Å². The van der Waals surface area contributed by atoms with Crippen LogP contribution >= 0.6 is 23.2 Å². The van der Waals surface area contributed by atoms with Crippen molar-refractivity contribution in [2.24, 2.45) is 5.92 Å². The Hall–Kier alpha value is -0.800. The van der Waals surface area contributed by atoms with Gasteiger partial charge in [0.25, 0.3) is 0 Å². The molecule has 0 bridgehead atoms. The van der Waals surface area contributed by atoms with Gasteiger partial charge in [-0.1, -0.05) is 35.7 Å². The molecule has 0 fully saturated rings. The fourth-order valence-corrected chi connectivity index (χ4v) is 2.11. The second-order valence-corrected chi connectivity index (χ2v) is 4.88. The molecule has 0 N–H and O–H groups in total. The fourth-order valence-electron chi connectivity index (χ4n) is 1.73. The molecule has 0 aromatic heterocycles. The summed E-state index contributed by atoms with van der Waals surface area (Å²) in [7, 11) is 0. The van der Waals surface area contributed by atoms with Gasteiger partial charge in [-0.3, -0.25) is 9.59 Å². The predicted octanol–water partition coefficient (Wildman–Crippen LogP) is 3.55. The molecule has 0 spiro atoms. The van der Waals surface area contributed by atoms with Gasteiger partial charge in [0.05, 0.1) is 16.7 Å². The first-order valence-corrected chi connectivity index (χ1v) is 6.74. The average molecular weight is 291 g/mol. The molecular formula is C13H16Cl2O3. The van der Waals surface area contributed by atoms with Crippen molar-refractivity contribution >= 4 is 35.0 Å². The van der Waals surface area contributed by atoms with E-state index in [-0.39, 0.29) is 17.7 Å². The lowest BCUT2D eigenvalue weighted by atomic mass is 9.93. The van der Waals surface area contributed by atoms with Crippen molar-refractivity contribution in [1.82, 2.24) is 0 Å². The van der Waals surface area contributed by atoms with E-state index < -0.39 is 0 Å². The molecule has 1 aliphatic rings. The fraction of sp³-hybridized carbons (Fsp3) is 0.538. The number of halogens is 2. The normalized spacial score (nSPS) is 19.3. The summed E-state index contributed by atoms with van der Waals surface area (Å²) in [6.45, 7) is 2.18. The summed E-state index contributed by atoms with van der Waals surface area (Å²) in [5.74, 6) is -0.438. The summed E-state index contributed by atoms with van der Waals surface area (Å²) < 4.78 is 4.82. The van der Waals surface area contributed by atoms with E-state index in [9.17, 15) is 9.59 Å². The molecule has 0 amide bonds. The van der Waals surface area contributed by atoms with E-state index in [1.54, 1.807) is 13.0 Å². The number of ketones is 1. The zero-order chi connectivity index (χ0) is 13.5. The number of unbranched alkanes of at least 4 members (excludes halogenated alkanes) is 1. The van der Waals surface area contributed by atoms with Crippen LogP contribution in [0.3, 0.4) is 0 Å². The number of rotatable bonds is 6. The van der Waals surface area contributed by atoms with Crippen molar-refractivity contribution in [3.8, 4) is 0 Å². The maximum Gasteiger partial charge on any atom is 0.305 e. The summed E-state index contributed by atoms with van der Waals surface area (Å²) in [6, 6.07) is 0. The number of carbonyl (C=O) groups is 2. The van der Waals surface area contributed by atoms with Crippen molar-refractivity contribution in [3.05, 3.63) is 22.2 Å². The molecule has 5 heteroatoms. The smallest absolute Gasteiger partial charge is 0.305 e. The number of ether oxygens (including phenoxy) is 1. The molecule has 0 saturated carbocycles. The van der Waals surface area contributed by atoms with Crippen molar-refractivity contribution < 1.29 is 14.3 Å². The van der Waals surface area contributed by atoms with Gasteiger partial charge in [-0.05, 0) is 19.8 Å². The molecule has 3 nitrogen and oxygen atoms in total. The number of allylic oxidation sites excluding steroid dienone is 4. The summed E-state index contributed by atoms with van der Waals surface area (Å²) in [6.07, 6.45) is 5.60. The quantitative estimate of drug-likeness (QED) is 0.555. The van der Waals surface area contributed by atoms with Crippen molar-refractivity contribution in [1.29, 1.82) is 0 Å². The minimum atomic E-state index is -0.220. The van der Waals surface area contributed by atoms with Crippen LogP contribution in [0.25, 0.3) is 0 Å². The van der Waals surface area contributed by atoms with Gasteiger partial charge < -0.3 is 4.74 Å². The third-order valence-corrected chi connectivity index (χ3v) is 3.40. The molecule has 1 atom stereocenters. The van der Waals surface area contributed by atoms with Gasteiger partial charge in [0.15, 0.2) is 5.78 Å². The molecule has 1 rings (SSSR count). The lowest BCUT2D eigenvalue weighted by Crippen LogP contribution is -2.14. The Morgan fingerprint density at radius 2 is 2.06 bits per heavy atom. The lowest BCUT2D eigenvalue weighted by molar-refractivity contribution is -0.143. The highest BCUT2D eigenvalue weighted by Gasteiger charge is 2.20. The van der Waals surface area contributed by atoms with Gasteiger partial charge in [0, 0.05) is 18.4 Å². The van der Waals surface area contributed by atoms with Crippen molar-refractivity contribution in [2.45, 2.75) is 32.6 Å². The Labute approximate surface area is 117 Å². The Kier molecular flexibility index (Phi) is 6.44. The van der Waals surface area contributed by atoms with Gasteiger partial charge in [0.1, 0.15) is 0 Å². The van der Waals surface area contributed by atoms with Crippen LogP contribution in [-0.4, -0.2) is 18.4 Å². The number of carbonyl (C=O) groups excluding carboxylic acids is 2. The van der Waals surface area contributed by atoms with Crippen molar-refractivity contribution in [3.63, 3.8) is 0 Å². The molecule has 0 radical (unpaired) electrons. The third-order valence-electron chi connectivity index (χ3n) is 2.66. The van der Waals surface area contributed by atoms with E-state index in [0.29, 0.717) is 35.9 Å². The minimum absolute atomic E-state index is 0.0273. The predicted molar refractivity (Wildman–Crippen MR) is 71.5 cm³/mol. The first-order valence-electron chi connectivity index (χ1n) is 5.99. The van der Waals surface area contributed by atoms with E-state index in [0.717, 1.165) is 6.42 Å². The molecule has 1 unspecified atom stereocenters. The summed E-state index contributed by atoms with van der Waals surface area (Å²) in [5, 5.41) is 0.719. The van der Waals surface area contributed by atoms with Gasteiger partial charge in [0.2, 0.25) is 0 Å². The summed E-state index contributed by atoms with van der Waals surface area (Å²) in [5.41, 5.74) is 0. The largest absolute Gasteiger partial charge is 0.466 e.